The smallest absolute Gasteiger partial charge is 0.433 e. The van der Waals surface area contributed by atoms with Crippen LogP contribution in [0.25, 0.3) is 17.2 Å². The van der Waals surface area contributed by atoms with E-state index in [9.17, 15) is 13.2 Å². The largest absolute Gasteiger partial charge is 0.497 e. The molecule has 1 aromatic carbocycles. The van der Waals surface area contributed by atoms with Crippen molar-refractivity contribution in [1.29, 1.82) is 0 Å². The van der Waals surface area contributed by atoms with Gasteiger partial charge in [0.2, 0.25) is 5.89 Å². The van der Waals surface area contributed by atoms with Crippen LogP contribution in [0, 0.1) is 0 Å². The molecule has 4 aromatic rings. The number of aromatic nitrogens is 5. The molecule has 1 aliphatic rings. The molecule has 0 amide bonds. The Kier molecular flexibility index (Phi) is 4.23. The van der Waals surface area contributed by atoms with E-state index >= 15 is 0 Å². The lowest BCUT2D eigenvalue weighted by Crippen LogP contribution is -2.14. The molecule has 0 aliphatic heterocycles. The van der Waals surface area contributed by atoms with Crippen molar-refractivity contribution in [2.45, 2.75) is 31.4 Å². The van der Waals surface area contributed by atoms with Crippen LogP contribution >= 0.6 is 0 Å². The van der Waals surface area contributed by atoms with Gasteiger partial charge in [0, 0.05) is 17.7 Å². The Morgan fingerprint density at radius 2 is 1.90 bits per heavy atom. The molecule has 7 nitrogen and oxygen atoms in total. The number of rotatable bonds is 5. The molecule has 154 valence electrons. The number of fused-ring (bicyclic) bond motifs is 1. The maximum absolute atomic E-state index is 13.5. The summed E-state index contributed by atoms with van der Waals surface area (Å²) in [5.41, 5.74) is 0.757. The van der Waals surface area contributed by atoms with Crippen molar-refractivity contribution < 1.29 is 22.3 Å². The molecule has 1 saturated carbocycles. The molecule has 0 bridgehead atoms. The zero-order chi connectivity index (χ0) is 20.9. The molecule has 1 aliphatic carbocycles. The molecule has 0 unspecified atom stereocenters. The first-order valence-electron chi connectivity index (χ1n) is 9.34. The van der Waals surface area contributed by atoms with Crippen molar-refractivity contribution in [3.63, 3.8) is 0 Å². The van der Waals surface area contributed by atoms with Gasteiger partial charge >= 0.3 is 6.18 Å². The number of halogens is 3. The third-order valence-electron chi connectivity index (χ3n) is 4.93. The summed E-state index contributed by atoms with van der Waals surface area (Å²) >= 11 is 0. The predicted molar refractivity (Wildman–Crippen MR) is 99.1 cm³/mol. The molecule has 5 rings (SSSR count). The van der Waals surface area contributed by atoms with Gasteiger partial charge in [-0.3, -0.25) is 0 Å². The number of hydrogen-bond acceptors (Lipinski definition) is 6. The van der Waals surface area contributed by atoms with Crippen LogP contribution < -0.4 is 4.74 Å². The van der Waals surface area contributed by atoms with Gasteiger partial charge in [0.05, 0.1) is 13.5 Å². The Morgan fingerprint density at radius 1 is 1.13 bits per heavy atom. The van der Waals surface area contributed by atoms with Crippen LogP contribution in [0.15, 0.2) is 40.8 Å². The normalized spacial score (nSPS) is 14.4. The number of benzene rings is 1. The summed E-state index contributed by atoms with van der Waals surface area (Å²) in [6.07, 6.45) is -2.48. The topological polar surface area (TPSA) is 78.3 Å². The monoisotopic (exact) mass is 415 g/mol. The average Bonchev–Trinajstić information content (AvgIpc) is 3.32. The van der Waals surface area contributed by atoms with Crippen molar-refractivity contribution in [3.8, 4) is 17.3 Å². The van der Waals surface area contributed by atoms with Gasteiger partial charge in [-0.15, -0.1) is 10.2 Å². The Labute approximate surface area is 168 Å². The zero-order valence-corrected chi connectivity index (χ0v) is 15.8. The van der Waals surface area contributed by atoms with Crippen LogP contribution in [-0.4, -0.2) is 31.9 Å². The number of methoxy groups -OCH3 is 1. The van der Waals surface area contributed by atoms with Gasteiger partial charge in [-0.25, -0.2) is 9.50 Å². The molecule has 30 heavy (non-hydrogen) atoms. The number of ether oxygens (including phenoxy) is 1. The minimum absolute atomic E-state index is 0.0464. The van der Waals surface area contributed by atoms with Crippen molar-refractivity contribution >= 4 is 5.65 Å². The Balaban J connectivity index is 1.47. The summed E-state index contributed by atoms with van der Waals surface area (Å²) in [6.45, 7) is 0. The number of alkyl halides is 3. The Morgan fingerprint density at radius 3 is 2.57 bits per heavy atom. The van der Waals surface area contributed by atoms with E-state index in [2.05, 4.69) is 20.3 Å². The summed E-state index contributed by atoms with van der Waals surface area (Å²) in [7, 11) is 1.58. The van der Waals surface area contributed by atoms with E-state index in [0.29, 0.717) is 18.0 Å². The summed E-state index contributed by atoms with van der Waals surface area (Å²) in [5.74, 6) is 1.18. The van der Waals surface area contributed by atoms with E-state index in [4.69, 9.17) is 9.15 Å². The fourth-order valence-corrected chi connectivity index (χ4v) is 3.24. The fraction of sp³-hybridized carbons (Fsp3) is 0.300. The van der Waals surface area contributed by atoms with Crippen molar-refractivity contribution in [2.75, 3.05) is 7.11 Å². The summed E-state index contributed by atoms with van der Waals surface area (Å²) < 4.78 is 52.2. The molecule has 10 heteroatoms. The molecule has 0 N–H and O–H groups in total. The molecule has 0 radical (unpaired) electrons. The van der Waals surface area contributed by atoms with Gasteiger partial charge < -0.3 is 9.15 Å². The fourth-order valence-electron chi connectivity index (χ4n) is 3.24. The molecule has 0 atom stereocenters. The lowest BCUT2D eigenvalue weighted by atomic mass is 10.1. The zero-order valence-electron chi connectivity index (χ0n) is 15.8. The van der Waals surface area contributed by atoms with Gasteiger partial charge in [-0.2, -0.15) is 18.3 Å². The minimum Gasteiger partial charge on any atom is -0.497 e. The molecule has 0 spiro atoms. The minimum atomic E-state index is -4.55. The first kappa shape index (κ1) is 18.6. The number of nitrogens with zero attached hydrogens (tertiary/aromatic N) is 5. The molecule has 1 fully saturated rings. The van der Waals surface area contributed by atoms with Gasteiger partial charge in [-0.1, -0.05) is 12.1 Å². The van der Waals surface area contributed by atoms with Gasteiger partial charge in [-0.05, 0) is 36.6 Å². The molecule has 3 aromatic heterocycles. The van der Waals surface area contributed by atoms with E-state index in [0.717, 1.165) is 34.7 Å². The second-order valence-corrected chi connectivity index (χ2v) is 7.16. The first-order chi connectivity index (χ1) is 14.4. The van der Waals surface area contributed by atoms with Gasteiger partial charge in [0.15, 0.2) is 11.3 Å². The van der Waals surface area contributed by atoms with E-state index in [-0.39, 0.29) is 23.1 Å². The second kappa shape index (κ2) is 6.82. The third-order valence-corrected chi connectivity index (χ3v) is 4.93. The maximum Gasteiger partial charge on any atom is 0.433 e. The van der Waals surface area contributed by atoms with E-state index in [1.54, 1.807) is 7.11 Å². The van der Waals surface area contributed by atoms with Gasteiger partial charge in [0.25, 0.3) is 5.89 Å². The second-order valence-electron chi connectivity index (χ2n) is 7.16. The summed E-state index contributed by atoms with van der Waals surface area (Å²) in [5, 5.41) is 12.0. The summed E-state index contributed by atoms with van der Waals surface area (Å²) in [6, 6.07) is 9.88. The van der Waals surface area contributed by atoms with Crippen LogP contribution in [0.2, 0.25) is 0 Å². The van der Waals surface area contributed by atoms with Crippen molar-refractivity contribution in [1.82, 2.24) is 24.8 Å². The van der Waals surface area contributed by atoms with Gasteiger partial charge in [0.1, 0.15) is 11.4 Å². The van der Waals surface area contributed by atoms with Crippen molar-refractivity contribution in [3.05, 3.63) is 59.2 Å². The highest BCUT2D eigenvalue weighted by Crippen LogP contribution is 2.41. The van der Waals surface area contributed by atoms with Crippen molar-refractivity contribution in [2.24, 2.45) is 0 Å². The van der Waals surface area contributed by atoms with Crippen LogP contribution in [0.5, 0.6) is 5.75 Å². The molecule has 0 saturated heterocycles. The van der Waals surface area contributed by atoms with Crippen LogP contribution in [0.3, 0.4) is 0 Å². The van der Waals surface area contributed by atoms with Crippen LogP contribution in [-0.2, 0) is 12.6 Å². The highest BCUT2D eigenvalue weighted by molar-refractivity contribution is 5.57. The van der Waals surface area contributed by atoms with E-state index < -0.39 is 11.9 Å². The molecular formula is C20H16F3N5O2. The third kappa shape index (κ3) is 3.49. The lowest BCUT2D eigenvalue weighted by Gasteiger charge is -2.10. The van der Waals surface area contributed by atoms with Crippen LogP contribution in [0.1, 0.15) is 41.6 Å². The van der Waals surface area contributed by atoms with Crippen LogP contribution in [0.4, 0.5) is 13.2 Å². The number of hydrogen-bond donors (Lipinski definition) is 0. The Bertz CT molecular complexity index is 1210. The lowest BCUT2D eigenvalue weighted by molar-refractivity contribution is -0.142. The average molecular weight is 415 g/mol. The quantitative estimate of drug-likeness (QED) is 0.484. The SMILES string of the molecule is COc1ccc(Cc2nnc(-c3cc4nc(C5CC5)cc(C(F)(F)F)n4n3)o2)cc1. The summed E-state index contributed by atoms with van der Waals surface area (Å²) in [4.78, 5) is 4.35. The predicted octanol–water partition coefficient (Wildman–Crippen LogP) is 4.27. The highest BCUT2D eigenvalue weighted by atomic mass is 19.4. The highest BCUT2D eigenvalue weighted by Gasteiger charge is 2.37. The van der Waals surface area contributed by atoms with E-state index in [1.165, 1.54) is 6.07 Å². The van der Waals surface area contributed by atoms with E-state index in [1.807, 2.05) is 24.3 Å². The maximum atomic E-state index is 13.5. The molecule has 3 heterocycles. The molecular weight excluding hydrogens is 399 g/mol. The standard InChI is InChI=1S/C20H16F3N5O2/c1-29-13-6-2-11(3-7-13)8-18-25-26-19(30-18)15-10-17-24-14(12-4-5-12)9-16(20(21,22)23)28(17)27-15/h2-3,6-7,9-10,12H,4-5,8H2,1H3. The first-order valence-corrected chi connectivity index (χ1v) is 9.34. The Hall–Kier alpha value is -3.43.